The summed E-state index contributed by atoms with van der Waals surface area (Å²) >= 11 is 0. The largest absolute Gasteiger partial charge is 0.256 e. The Labute approximate surface area is 64.6 Å². The fourth-order valence-corrected chi connectivity index (χ4v) is 0.948. The minimum absolute atomic E-state index is 1.03. The van der Waals surface area contributed by atoms with E-state index in [1.807, 2.05) is 0 Å². The van der Waals surface area contributed by atoms with Crippen molar-refractivity contribution in [2.75, 3.05) is 20.1 Å². The Kier molecular flexibility index (Phi) is 6.98. The lowest BCUT2D eigenvalue weighted by molar-refractivity contribution is 0.236. The molecular formula is C8H20N2. The van der Waals surface area contributed by atoms with Crippen LogP contribution in [-0.4, -0.2) is 25.1 Å². The summed E-state index contributed by atoms with van der Waals surface area (Å²) in [6.45, 7) is 6.55. The van der Waals surface area contributed by atoms with Crippen LogP contribution in [0.15, 0.2) is 0 Å². The maximum atomic E-state index is 3.24. The van der Waals surface area contributed by atoms with Crippen molar-refractivity contribution < 1.29 is 0 Å². The van der Waals surface area contributed by atoms with E-state index in [1.54, 1.807) is 0 Å². The normalized spacial score (nSPS) is 10.8. The average Bonchev–Trinajstić information content (AvgIpc) is 1.89. The van der Waals surface area contributed by atoms with Gasteiger partial charge in [-0.15, -0.1) is 0 Å². The molecule has 0 fully saturated rings. The molecule has 0 aromatic carbocycles. The number of unbranched alkanes of at least 4 members (excludes halogenated alkanes) is 2. The third-order valence-electron chi connectivity index (χ3n) is 1.53. The molecule has 0 aromatic heterocycles. The molecular weight excluding hydrogens is 124 g/mol. The van der Waals surface area contributed by atoms with Crippen LogP contribution in [0.2, 0.25) is 0 Å². The van der Waals surface area contributed by atoms with Gasteiger partial charge in [0, 0.05) is 20.1 Å². The van der Waals surface area contributed by atoms with Crippen LogP contribution in [0.4, 0.5) is 0 Å². The summed E-state index contributed by atoms with van der Waals surface area (Å²) in [5.41, 5.74) is 3.24. The van der Waals surface area contributed by atoms with Gasteiger partial charge in [0.05, 0.1) is 0 Å². The molecule has 0 aromatic rings. The predicted molar refractivity (Wildman–Crippen MR) is 45.8 cm³/mol. The van der Waals surface area contributed by atoms with Crippen LogP contribution >= 0.6 is 0 Å². The van der Waals surface area contributed by atoms with Gasteiger partial charge in [-0.25, -0.2) is 5.01 Å². The Morgan fingerprint density at radius 1 is 1.20 bits per heavy atom. The third kappa shape index (κ3) is 6.05. The molecule has 0 aliphatic rings. The van der Waals surface area contributed by atoms with E-state index < -0.39 is 0 Å². The molecule has 0 atom stereocenters. The molecule has 0 saturated carbocycles. The monoisotopic (exact) mass is 144 g/mol. The summed E-state index contributed by atoms with van der Waals surface area (Å²) in [6, 6.07) is 0. The lowest BCUT2D eigenvalue weighted by Crippen LogP contribution is -2.34. The Hall–Kier alpha value is -0.0800. The van der Waals surface area contributed by atoms with Gasteiger partial charge >= 0.3 is 0 Å². The quantitative estimate of drug-likeness (QED) is 0.450. The van der Waals surface area contributed by atoms with Gasteiger partial charge in [0.25, 0.3) is 0 Å². The Bertz CT molecular complexity index is 64.3. The molecule has 0 saturated heterocycles. The van der Waals surface area contributed by atoms with Gasteiger partial charge in [-0.2, -0.15) is 0 Å². The summed E-state index contributed by atoms with van der Waals surface area (Å²) in [5, 5.41) is 2.16. The number of hydrogen-bond acceptors (Lipinski definition) is 2. The summed E-state index contributed by atoms with van der Waals surface area (Å²) < 4.78 is 0. The van der Waals surface area contributed by atoms with Crippen LogP contribution < -0.4 is 5.43 Å². The van der Waals surface area contributed by atoms with Crippen LogP contribution in [0.25, 0.3) is 0 Å². The fourth-order valence-electron chi connectivity index (χ4n) is 0.948. The van der Waals surface area contributed by atoms with Crippen LogP contribution in [0.5, 0.6) is 0 Å². The molecule has 0 rings (SSSR count). The van der Waals surface area contributed by atoms with E-state index in [9.17, 15) is 0 Å². The third-order valence-corrected chi connectivity index (χ3v) is 1.53. The predicted octanol–water partition coefficient (Wildman–Crippen LogP) is 1.63. The van der Waals surface area contributed by atoms with Crippen molar-refractivity contribution >= 4 is 0 Å². The number of rotatable bonds is 6. The minimum Gasteiger partial charge on any atom is -0.256 e. The first-order valence-electron chi connectivity index (χ1n) is 4.25. The molecule has 0 heterocycles. The van der Waals surface area contributed by atoms with E-state index in [2.05, 4.69) is 31.3 Å². The van der Waals surface area contributed by atoms with Gasteiger partial charge in [0.2, 0.25) is 0 Å². The number of nitrogens with zero attached hydrogens (tertiary/aromatic N) is 1. The number of hydrogen-bond donors (Lipinski definition) is 1. The van der Waals surface area contributed by atoms with E-state index in [1.165, 1.54) is 25.8 Å². The van der Waals surface area contributed by atoms with Crippen molar-refractivity contribution in [3.8, 4) is 0 Å². The molecule has 10 heavy (non-hydrogen) atoms. The second-order valence-electron chi connectivity index (χ2n) is 2.64. The summed E-state index contributed by atoms with van der Waals surface area (Å²) in [7, 11) is 2.10. The molecule has 0 aliphatic heterocycles. The van der Waals surface area contributed by atoms with Gasteiger partial charge in [-0.05, 0) is 6.42 Å². The van der Waals surface area contributed by atoms with Gasteiger partial charge in [0.15, 0.2) is 0 Å². The summed E-state index contributed by atoms with van der Waals surface area (Å²) in [5.74, 6) is 0. The highest BCUT2D eigenvalue weighted by Gasteiger charge is 1.92. The van der Waals surface area contributed by atoms with Crippen molar-refractivity contribution in [3.05, 3.63) is 0 Å². The van der Waals surface area contributed by atoms with E-state index in [-0.39, 0.29) is 0 Å². The first kappa shape index (κ1) is 9.92. The van der Waals surface area contributed by atoms with E-state index in [0.29, 0.717) is 0 Å². The number of nitrogens with one attached hydrogen (secondary N) is 1. The highest BCUT2D eigenvalue weighted by molar-refractivity contribution is 4.44. The maximum Gasteiger partial charge on any atom is 0.0127 e. The highest BCUT2D eigenvalue weighted by atomic mass is 15.5. The minimum atomic E-state index is 1.03. The molecule has 0 aliphatic carbocycles. The lowest BCUT2D eigenvalue weighted by Gasteiger charge is -2.15. The smallest absolute Gasteiger partial charge is 0.0127 e. The molecule has 0 radical (unpaired) electrons. The van der Waals surface area contributed by atoms with E-state index in [0.717, 1.165) is 6.54 Å². The Morgan fingerprint density at radius 3 is 2.40 bits per heavy atom. The zero-order valence-electron chi connectivity index (χ0n) is 7.48. The fraction of sp³-hybridized carbons (Fsp3) is 1.00. The SMILES string of the molecule is CCCCCN(C)NCC. The first-order chi connectivity index (χ1) is 4.81. The van der Waals surface area contributed by atoms with Crippen LogP contribution in [-0.2, 0) is 0 Å². The first-order valence-corrected chi connectivity index (χ1v) is 4.25. The molecule has 0 spiro atoms. The van der Waals surface area contributed by atoms with E-state index in [4.69, 9.17) is 0 Å². The van der Waals surface area contributed by atoms with Gasteiger partial charge in [0.1, 0.15) is 0 Å². The van der Waals surface area contributed by atoms with Gasteiger partial charge in [-0.1, -0.05) is 26.7 Å². The Morgan fingerprint density at radius 2 is 1.90 bits per heavy atom. The maximum absolute atomic E-state index is 3.24. The van der Waals surface area contributed by atoms with Crippen molar-refractivity contribution in [3.63, 3.8) is 0 Å². The second kappa shape index (κ2) is 7.03. The summed E-state index contributed by atoms with van der Waals surface area (Å²) in [6.07, 6.45) is 3.95. The molecule has 62 valence electrons. The lowest BCUT2D eigenvalue weighted by atomic mass is 10.2. The zero-order chi connectivity index (χ0) is 7.82. The number of hydrazine groups is 1. The second-order valence-corrected chi connectivity index (χ2v) is 2.64. The van der Waals surface area contributed by atoms with Crippen LogP contribution in [0.3, 0.4) is 0 Å². The average molecular weight is 144 g/mol. The molecule has 1 N–H and O–H groups in total. The Balaban J connectivity index is 2.97. The zero-order valence-corrected chi connectivity index (χ0v) is 7.48. The van der Waals surface area contributed by atoms with E-state index >= 15 is 0 Å². The standard InChI is InChI=1S/C8H20N2/c1-4-6-7-8-10(3)9-5-2/h9H,4-8H2,1-3H3. The summed E-state index contributed by atoms with van der Waals surface area (Å²) in [4.78, 5) is 0. The molecule has 2 heteroatoms. The van der Waals surface area contributed by atoms with Crippen LogP contribution in [0.1, 0.15) is 33.1 Å². The van der Waals surface area contributed by atoms with Crippen molar-refractivity contribution in [2.45, 2.75) is 33.1 Å². The molecule has 0 amide bonds. The van der Waals surface area contributed by atoms with Gasteiger partial charge < -0.3 is 0 Å². The molecule has 2 nitrogen and oxygen atoms in total. The van der Waals surface area contributed by atoms with Crippen molar-refractivity contribution in [2.24, 2.45) is 0 Å². The molecule has 0 unspecified atom stereocenters. The molecule has 0 bridgehead atoms. The van der Waals surface area contributed by atoms with Crippen molar-refractivity contribution in [1.29, 1.82) is 0 Å². The van der Waals surface area contributed by atoms with Gasteiger partial charge in [-0.3, -0.25) is 5.43 Å². The van der Waals surface area contributed by atoms with Crippen LogP contribution in [0, 0.1) is 0 Å². The van der Waals surface area contributed by atoms with Crippen molar-refractivity contribution in [1.82, 2.24) is 10.4 Å². The highest BCUT2D eigenvalue weighted by Crippen LogP contribution is 1.93. The topological polar surface area (TPSA) is 15.3 Å².